The summed E-state index contributed by atoms with van der Waals surface area (Å²) in [5.41, 5.74) is 5.91. The van der Waals surface area contributed by atoms with E-state index in [1.807, 2.05) is 30.3 Å². The second-order valence-electron chi connectivity index (χ2n) is 9.06. The standard InChI is InChI=1S/C28H27ClN4O4S/c29-21-9-6-19(7-10-21)17-30-27(34)26-25(28(35)38(36)22-4-2-1-3-5-22)23-16-20(8-11-24(23)31-32-26)18-33-12-14-37-15-13-33/h1-11,16,25,31H,12-15,17-18H2,(H,30,34). The SMILES string of the molecule is O=C(NCc1ccc(Cl)cc1)C1=NNc2ccc(CN3CCOCC3)cc2C1C(=O)S(=O)c1ccccc1. The number of carbonyl (C=O) groups excluding carboxylic acids is 2. The van der Waals surface area contributed by atoms with Gasteiger partial charge in [-0.3, -0.25) is 19.9 Å². The molecule has 0 aliphatic carbocycles. The summed E-state index contributed by atoms with van der Waals surface area (Å²) in [7, 11) is -1.99. The Morgan fingerprint density at radius 1 is 1.03 bits per heavy atom. The van der Waals surface area contributed by atoms with Gasteiger partial charge in [-0.1, -0.05) is 54.1 Å². The third kappa shape index (κ3) is 6.02. The number of halogens is 1. The van der Waals surface area contributed by atoms with E-state index in [-0.39, 0.29) is 12.3 Å². The lowest BCUT2D eigenvalue weighted by atomic mass is 9.90. The molecular formula is C28H27ClN4O4S. The quantitative estimate of drug-likeness (QED) is 0.465. The fourth-order valence-corrected chi connectivity index (χ4v) is 5.68. The van der Waals surface area contributed by atoms with Crippen LogP contribution in [0.4, 0.5) is 5.69 Å². The number of ether oxygens (including phenoxy) is 1. The number of hydrogen-bond donors (Lipinski definition) is 2. The maximum absolute atomic E-state index is 13.8. The largest absolute Gasteiger partial charge is 0.379 e. The van der Waals surface area contributed by atoms with Gasteiger partial charge in [-0.15, -0.1) is 0 Å². The average Bonchev–Trinajstić information content (AvgIpc) is 2.96. The van der Waals surface area contributed by atoms with E-state index in [0.717, 1.165) is 24.2 Å². The monoisotopic (exact) mass is 550 g/mol. The average molecular weight is 551 g/mol. The second kappa shape index (κ2) is 12.0. The first-order valence-corrected chi connectivity index (χ1v) is 13.8. The molecule has 0 radical (unpaired) electrons. The number of nitrogens with one attached hydrogen (secondary N) is 2. The highest BCUT2D eigenvalue weighted by Gasteiger charge is 2.38. The Morgan fingerprint density at radius 2 is 1.74 bits per heavy atom. The zero-order valence-corrected chi connectivity index (χ0v) is 22.1. The Kier molecular flexibility index (Phi) is 8.29. The predicted octanol–water partition coefficient (Wildman–Crippen LogP) is 3.69. The Morgan fingerprint density at radius 3 is 2.47 bits per heavy atom. The van der Waals surface area contributed by atoms with Crippen LogP contribution in [-0.2, 0) is 38.2 Å². The van der Waals surface area contributed by atoms with Crippen LogP contribution in [0.15, 0.2) is 82.8 Å². The van der Waals surface area contributed by atoms with E-state index in [1.54, 1.807) is 42.5 Å². The Bertz CT molecular complexity index is 1380. The number of hydrazone groups is 1. The van der Waals surface area contributed by atoms with Crippen molar-refractivity contribution in [2.75, 3.05) is 31.7 Å². The summed E-state index contributed by atoms with van der Waals surface area (Å²) in [6, 6.07) is 21.4. The zero-order chi connectivity index (χ0) is 26.5. The summed E-state index contributed by atoms with van der Waals surface area (Å²) in [4.78, 5) is 29.8. The topological polar surface area (TPSA) is 100 Å². The minimum atomic E-state index is -1.99. The van der Waals surface area contributed by atoms with Crippen LogP contribution in [0.3, 0.4) is 0 Å². The van der Waals surface area contributed by atoms with Crippen molar-refractivity contribution in [2.45, 2.75) is 23.9 Å². The number of hydrogen-bond acceptors (Lipinski definition) is 7. The Labute approximate surface area is 228 Å². The van der Waals surface area contributed by atoms with Crippen molar-refractivity contribution in [3.8, 4) is 0 Å². The molecule has 2 atom stereocenters. The lowest BCUT2D eigenvalue weighted by molar-refractivity contribution is -0.116. The van der Waals surface area contributed by atoms with Crippen LogP contribution in [-0.4, -0.2) is 52.1 Å². The third-order valence-corrected chi connectivity index (χ3v) is 8.04. The van der Waals surface area contributed by atoms with Gasteiger partial charge in [0.1, 0.15) is 22.4 Å². The Hall–Kier alpha value is -3.37. The van der Waals surface area contributed by atoms with Gasteiger partial charge in [0.2, 0.25) is 5.12 Å². The molecule has 0 saturated carbocycles. The molecule has 2 heterocycles. The van der Waals surface area contributed by atoms with Crippen molar-refractivity contribution >= 4 is 44.8 Å². The smallest absolute Gasteiger partial charge is 0.268 e. The molecule has 1 amide bonds. The molecule has 1 saturated heterocycles. The molecule has 196 valence electrons. The van der Waals surface area contributed by atoms with E-state index >= 15 is 0 Å². The van der Waals surface area contributed by atoms with Crippen LogP contribution in [0.1, 0.15) is 22.6 Å². The van der Waals surface area contributed by atoms with Crippen LogP contribution >= 0.6 is 11.6 Å². The summed E-state index contributed by atoms with van der Waals surface area (Å²) in [6.07, 6.45) is 0. The number of nitrogens with zero attached hydrogens (tertiary/aromatic N) is 2. The van der Waals surface area contributed by atoms with Crippen LogP contribution in [0.2, 0.25) is 5.02 Å². The first kappa shape index (κ1) is 26.2. The predicted molar refractivity (Wildman–Crippen MR) is 147 cm³/mol. The number of fused-ring (bicyclic) bond motifs is 1. The highest BCUT2D eigenvalue weighted by Crippen LogP contribution is 2.34. The van der Waals surface area contributed by atoms with Gasteiger partial charge in [0.25, 0.3) is 5.91 Å². The van der Waals surface area contributed by atoms with Gasteiger partial charge >= 0.3 is 0 Å². The zero-order valence-electron chi connectivity index (χ0n) is 20.6. The normalized spacial score (nSPS) is 18.0. The molecule has 10 heteroatoms. The summed E-state index contributed by atoms with van der Waals surface area (Å²) >= 11 is 5.96. The van der Waals surface area contributed by atoms with Gasteiger partial charge < -0.3 is 10.1 Å². The van der Waals surface area contributed by atoms with Crippen LogP contribution in [0.25, 0.3) is 0 Å². The molecule has 2 unspecified atom stereocenters. The van der Waals surface area contributed by atoms with Crippen LogP contribution in [0.5, 0.6) is 0 Å². The van der Waals surface area contributed by atoms with Gasteiger partial charge in [-0.05, 0) is 47.0 Å². The van der Waals surface area contributed by atoms with Gasteiger partial charge in [-0.2, -0.15) is 5.10 Å². The first-order valence-electron chi connectivity index (χ1n) is 12.3. The Balaban J connectivity index is 1.44. The van der Waals surface area contributed by atoms with Gasteiger partial charge in [0.15, 0.2) is 0 Å². The summed E-state index contributed by atoms with van der Waals surface area (Å²) < 4.78 is 18.8. The molecule has 2 aliphatic heterocycles. The molecule has 0 bridgehead atoms. The van der Waals surface area contributed by atoms with Gasteiger partial charge in [0, 0.05) is 36.1 Å². The molecule has 3 aromatic carbocycles. The number of anilines is 1. The van der Waals surface area contributed by atoms with Crippen molar-refractivity contribution in [3.63, 3.8) is 0 Å². The van der Waals surface area contributed by atoms with E-state index in [4.69, 9.17) is 16.3 Å². The number of benzene rings is 3. The van der Waals surface area contributed by atoms with E-state index in [2.05, 4.69) is 20.7 Å². The number of morpholine rings is 1. The number of rotatable bonds is 7. The van der Waals surface area contributed by atoms with Crippen molar-refractivity contribution in [1.82, 2.24) is 10.2 Å². The summed E-state index contributed by atoms with van der Waals surface area (Å²) in [5, 5.41) is 7.11. The molecule has 0 spiro atoms. The molecule has 2 aliphatic rings. The number of carbonyl (C=O) groups is 2. The van der Waals surface area contributed by atoms with E-state index in [1.165, 1.54) is 0 Å². The lowest BCUT2D eigenvalue weighted by Gasteiger charge is -2.28. The summed E-state index contributed by atoms with van der Waals surface area (Å²) in [5.74, 6) is -1.61. The molecule has 0 aromatic heterocycles. The van der Waals surface area contributed by atoms with Gasteiger partial charge in [-0.25, -0.2) is 4.21 Å². The van der Waals surface area contributed by atoms with Crippen molar-refractivity contribution < 1.29 is 18.5 Å². The van der Waals surface area contributed by atoms with Crippen LogP contribution < -0.4 is 10.7 Å². The van der Waals surface area contributed by atoms with Crippen molar-refractivity contribution in [2.24, 2.45) is 5.10 Å². The van der Waals surface area contributed by atoms with Crippen molar-refractivity contribution in [3.05, 3.63) is 94.5 Å². The molecule has 8 nitrogen and oxygen atoms in total. The van der Waals surface area contributed by atoms with E-state index < -0.39 is 27.7 Å². The fourth-order valence-electron chi connectivity index (χ4n) is 4.46. The highest BCUT2D eigenvalue weighted by atomic mass is 35.5. The molecule has 2 N–H and O–H groups in total. The minimum Gasteiger partial charge on any atom is -0.379 e. The number of amides is 1. The van der Waals surface area contributed by atoms with E-state index in [0.29, 0.717) is 40.9 Å². The molecular weight excluding hydrogens is 524 g/mol. The lowest BCUT2D eigenvalue weighted by Crippen LogP contribution is -2.40. The maximum Gasteiger partial charge on any atom is 0.268 e. The highest BCUT2D eigenvalue weighted by molar-refractivity contribution is 8.00. The minimum absolute atomic E-state index is 0.0238. The fraction of sp³-hybridized carbons (Fsp3) is 0.250. The van der Waals surface area contributed by atoms with Crippen molar-refractivity contribution in [1.29, 1.82) is 0 Å². The maximum atomic E-state index is 13.8. The third-order valence-electron chi connectivity index (χ3n) is 6.48. The molecule has 38 heavy (non-hydrogen) atoms. The summed E-state index contributed by atoms with van der Waals surface area (Å²) in [6.45, 7) is 3.88. The molecule has 3 aromatic rings. The second-order valence-corrected chi connectivity index (χ2v) is 10.9. The molecule has 1 fully saturated rings. The van der Waals surface area contributed by atoms with Gasteiger partial charge in [0.05, 0.1) is 18.9 Å². The van der Waals surface area contributed by atoms with Crippen LogP contribution in [0, 0.1) is 0 Å². The first-order chi connectivity index (χ1) is 18.5. The van der Waals surface area contributed by atoms with E-state index in [9.17, 15) is 13.8 Å². The molecule has 5 rings (SSSR count).